The predicted molar refractivity (Wildman–Crippen MR) is 116 cm³/mol. The van der Waals surface area contributed by atoms with Crippen LogP contribution in [0.3, 0.4) is 0 Å². The standard InChI is InChI=1S/C23H21ClN2O3/c1-3-16(2)22(27)25-15-18-13-17-9-10-19(24)14-21(17)26(23(18)28)11-12-29-20-7-5-4-6-8-20/h3-10,13-14H,1-2,11-12,15H2,(H,25,27). The Labute approximate surface area is 173 Å². The topological polar surface area (TPSA) is 60.3 Å². The van der Waals surface area contributed by atoms with Crippen LogP contribution < -0.4 is 15.6 Å². The first kappa shape index (κ1) is 20.4. The third kappa shape index (κ3) is 4.95. The number of amides is 1. The maximum atomic E-state index is 13.1. The first-order chi connectivity index (χ1) is 14.0. The Bertz CT molecular complexity index is 1120. The van der Waals surface area contributed by atoms with Crippen LogP contribution in [0.25, 0.3) is 10.9 Å². The summed E-state index contributed by atoms with van der Waals surface area (Å²) < 4.78 is 7.36. The maximum absolute atomic E-state index is 13.1. The Balaban J connectivity index is 1.88. The van der Waals surface area contributed by atoms with Crippen molar-refractivity contribution in [3.8, 4) is 5.75 Å². The van der Waals surface area contributed by atoms with Crippen LogP contribution in [0.15, 0.2) is 84.2 Å². The third-order valence-corrected chi connectivity index (χ3v) is 4.67. The number of ether oxygens (including phenoxy) is 1. The molecule has 0 saturated carbocycles. The highest BCUT2D eigenvalue weighted by atomic mass is 35.5. The molecule has 1 amide bonds. The SMILES string of the molecule is C=CC(=C)C(=O)NCc1cc2ccc(Cl)cc2n(CCOc2ccccc2)c1=O. The van der Waals surface area contributed by atoms with Crippen LogP contribution in [0.4, 0.5) is 0 Å². The molecule has 1 aromatic heterocycles. The van der Waals surface area contributed by atoms with Crippen LogP contribution >= 0.6 is 11.6 Å². The summed E-state index contributed by atoms with van der Waals surface area (Å²) in [6, 6.07) is 16.5. The van der Waals surface area contributed by atoms with E-state index in [2.05, 4.69) is 18.5 Å². The monoisotopic (exact) mass is 408 g/mol. The molecular weight excluding hydrogens is 388 g/mol. The molecule has 0 aliphatic heterocycles. The van der Waals surface area contributed by atoms with Gasteiger partial charge in [-0.05, 0) is 35.7 Å². The zero-order chi connectivity index (χ0) is 20.8. The Hall–Kier alpha value is -3.31. The van der Waals surface area contributed by atoms with E-state index in [0.29, 0.717) is 29.3 Å². The summed E-state index contributed by atoms with van der Waals surface area (Å²) in [6.07, 6.45) is 1.37. The fourth-order valence-electron chi connectivity index (χ4n) is 2.91. The lowest BCUT2D eigenvalue weighted by Crippen LogP contribution is -2.31. The molecule has 1 heterocycles. The van der Waals surface area contributed by atoms with E-state index in [9.17, 15) is 9.59 Å². The summed E-state index contributed by atoms with van der Waals surface area (Å²) in [7, 11) is 0. The Kier molecular flexibility index (Phi) is 6.52. The lowest BCUT2D eigenvalue weighted by Gasteiger charge is -2.14. The van der Waals surface area contributed by atoms with Crippen LogP contribution in [0.2, 0.25) is 5.02 Å². The second-order valence-corrected chi connectivity index (χ2v) is 6.84. The Morgan fingerprint density at radius 1 is 1.17 bits per heavy atom. The number of nitrogens with one attached hydrogen (secondary N) is 1. The van der Waals surface area contributed by atoms with E-state index in [1.54, 1.807) is 22.8 Å². The molecule has 29 heavy (non-hydrogen) atoms. The number of benzene rings is 2. The summed E-state index contributed by atoms with van der Waals surface area (Å²) in [5, 5.41) is 4.08. The van der Waals surface area contributed by atoms with Gasteiger partial charge >= 0.3 is 0 Å². The lowest BCUT2D eigenvalue weighted by molar-refractivity contribution is -0.117. The second kappa shape index (κ2) is 9.26. The number of para-hydroxylation sites is 1. The van der Waals surface area contributed by atoms with Crippen LogP contribution in [0.1, 0.15) is 5.56 Å². The molecule has 0 radical (unpaired) electrons. The predicted octanol–water partition coefficient (Wildman–Crippen LogP) is 4.09. The number of rotatable bonds is 8. The van der Waals surface area contributed by atoms with Gasteiger partial charge in [0.15, 0.2) is 0 Å². The average molecular weight is 409 g/mol. The molecule has 2 aromatic carbocycles. The molecule has 0 unspecified atom stereocenters. The minimum Gasteiger partial charge on any atom is -0.492 e. The van der Waals surface area contributed by atoms with Crippen molar-refractivity contribution in [1.29, 1.82) is 0 Å². The van der Waals surface area contributed by atoms with E-state index in [1.807, 2.05) is 36.4 Å². The van der Waals surface area contributed by atoms with Crippen molar-refractivity contribution in [1.82, 2.24) is 9.88 Å². The van der Waals surface area contributed by atoms with Crippen molar-refractivity contribution in [3.05, 3.63) is 100 Å². The van der Waals surface area contributed by atoms with Gasteiger partial charge in [-0.15, -0.1) is 0 Å². The maximum Gasteiger partial charge on any atom is 0.256 e. The number of halogens is 1. The zero-order valence-corrected chi connectivity index (χ0v) is 16.6. The minimum atomic E-state index is -0.366. The fourth-order valence-corrected chi connectivity index (χ4v) is 3.07. The first-order valence-corrected chi connectivity index (χ1v) is 9.47. The van der Waals surface area contributed by atoms with Gasteiger partial charge in [-0.1, -0.05) is 55.1 Å². The highest BCUT2D eigenvalue weighted by Crippen LogP contribution is 2.19. The van der Waals surface area contributed by atoms with Gasteiger partial charge in [0, 0.05) is 22.7 Å². The van der Waals surface area contributed by atoms with Crippen molar-refractivity contribution < 1.29 is 9.53 Å². The largest absolute Gasteiger partial charge is 0.492 e. The van der Waals surface area contributed by atoms with Gasteiger partial charge in [0.1, 0.15) is 12.4 Å². The van der Waals surface area contributed by atoms with Crippen molar-refractivity contribution in [3.63, 3.8) is 0 Å². The van der Waals surface area contributed by atoms with Crippen molar-refractivity contribution in [2.24, 2.45) is 0 Å². The second-order valence-electron chi connectivity index (χ2n) is 6.40. The first-order valence-electron chi connectivity index (χ1n) is 9.09. The number of carbonyl (C=O) groups excluding carboxylic acids is 1. The van der Waals surface area contributed by atoms with Crippen molar-refractivity contribution in [2.75, 3.05) is 6.61 Å². The van der Waals surface area contributed by atoms with Crippen molar-refractivity contribution in [2.45, 2.75) is 13.1 Å². The van der Waals surface area contributed by atoms with Gasteiger partial charge in [-0.25, -0.2) is 0 Å². The number of nitrogens with zero attached hydrogens (tertiary/aromatic N) is 1. The normalized spacial score (nSPS) is 10.5. The molecular formula is C23H21ClN2O3. The highest BCUT2D eigenvalue weighted by Gasteiger charge is 2.12. The highest BCUT2D eigenvalue weighted by molar-refractivity contribution is 6.31. The molecule has 0 bridgehead atoms. The smallest absolute Gasteiger partial charge is 0.256 e. The molecule has 0 aliphatic rings. The molecule has 1 N–H and O–H groups in total. The number of aromatic nitrogens is 1. The van der Waals surface area contributed by atoms with Crippen LogP contribution in [-0.4, -0.2) is 17.1 Å². The summed E-state index contributed by atoms with van der Waals surface area (Å²) in [4.78, 5) is 25.0. The van der Waals surface area contributed by atoms with E-state index >= 15 is 0 Å². The molecule has 0 atom stereocenters. The van der Waals surface area contributed by atoms with Gasteiger partial charge in [0.2, 0.25) is 0 Å². The summed E-state index contributed by atoms with van der Waals surface area (Å²) in [6.45, 7) is 7.87. The molecule has 0 saturated heterocycles. The molecule has 148 valence electrons. The number of hydrogen-bond donors (Lipinski definition) is 1. The Morgan fingerprint density at radius 3 is 2.66 bits per heavy atom. The van der Waals surface area contributed by atoms with Crippen LogP contribution in [0.5, 0.6) is 5.75 Å². The molecule has 0 spiro atoms. The summed E-state index contributed by atoms with van der Waals surface area (Å²) >= 11 is 6.14. The average Bonchev–Trinajstić information content (AvgIpc) is 2.74. The van der Waals surface area contributed by atoms with Gasteiger partial charge in [0.25, 0.3) is 11.5 Å². The number of hydrogen-bond acceptors (Lipinski definition) is 3. The van der Waals surface area contributed by atoms with E-state index in [4.69, 9.17) is 16.3 Å². The molecule has 0 aliphatic carbocycles. The van der Waals surface area contributed by atoms with E-state index < -0.39 is 0 Å². The van der Waals surface area contributed by atoms with E-state index in [1.165, 1.54) is 6.08 Å². The summed E-state index contributed by atoms with van der Waals surface area (Å²) in [5.74, 6) is 0.365. The van der Waals surface area contributed by atoms with Crippen molar-refractivity contribution >= 4 is 28.4 Å². The van der Waals surface area contributed by atoms with Gasteiger partial charge in [0.05, 0.1) is 12.1 Å². The summed E-state index contributed by atoms with van der Waals surface area (Å²) in [5.41, 5.74) is 1.21. The number of pyridine rings is 1. The van der Waals surface area contributed by atoms with Gasteiger partial charge in [-0.2, -0.15) is 0 Å². The Morgan fingerprint density at radius 2 is 1.93 bits per heavy atom. The van der Waals surface area contributed by atoms with Crippen LogP contribution in [0, 0.1) is 0 Å². The van der Waals surface area contributed by atoms with E-state index in [0.717, 1.165) is 11.1 Å². The molecule has 5 nitrogen and oxygen atoms in total. The molecule has 0 fully saturated rings. The third-order valence-electron chi connectivity index (χ3n) is 4.44. The van der Waals surface area contributed by atoms with Crippen LogP contribution in [-0.2, 0) is 17.9 Å². The quantitative estimate of drug-likeness (QED) is 0.451. The lowest BCUT2D eigenvalue weighted by atomic mass is 10.1. The number of carbonyl (C=O) groups is 1. The van der Waals surface area contributed by atoms with Gasteiger partial charge in [-0.3, -0.25) is 9.59 Å². The number of fused-ring (bicyclic) bond motifs is 1. The minimum absolute atomic E-state index is 0.0859. The molecule has 6 heteroatoms. The van der Waals surface area contributed by atoms with Gasteiger partial charge < -0.3 is 14.6 Å². The van der Waals surface area contributed by atoms with E-state index in [-0.39, 0.29) is 23.6 Å². The molecule has 3 rings (SSSR count). The fraction of sp³-hybridized carbons (Fsp3) is 0.130. The zero-order valence-electron chi connectivity index (χ0n) is 15.9. The molecule has 3 aromatic rings.